The second kappa shape index (κ2) is 14.4. The number of benzene rings is 4. The third-order valence-electron chi connectivity index (χ3n) is 6.34. The lowest BCUT2D eigenvalue weighted by atomic mass is 10.1. The van der Waals surface area contributed by atoms with Crippen molar-refractivity contribution in [1.29, 1.82) is 0 Å². The minimum atomic E-state index is -0.544. The monoisotopic (exact) mass is 619 g/mol. The number of hydrogen-bond acceptors (Lipinski definition) is 7. The molecule has 0 aliphatic heterocycles. The van der Waals surface area contributed by atoms with Crippen LogP contribution in [0.4, 0.5) is 10.8 Å². The molecule has 5 aromatic rings. The van der Waals surface area contributed by atoms with E-state index in [0.717, 1.165) is 26.6 Å². The number of aromatic nitrogens is 2. The molecule has 1 atom stereocenters. The predicted octanol–water partition coefficient (Wildman–Crippen LogP) is 7.04. The van der Waals surface area contributed by atoms with Gasteiger partial charge in [-0.05, 0) is 67.4 Å². The lowest BCUT2D eigenvalue weighted by Crippen LogP contribution is -2.30. The summed E-state index contributed by atoms with van der Waals surface area (Å²) in [5, 5.41) is 17.2. The molecule has 0 aliphatic carbocycles. The number of nitrogens with zero attached hydrogens (tertiary/aromatic N) is 2. The number of thioether (sulfide) groups is 1. The zero-order valence-corrected chi connectivity index (χ0v) is 25.6. The highest BCUT2D eigenvalue weighted by atomic mass is 32.2. The van der Waals surface area contributed by atoms with Crippen molar-refractivity contribution in [3.8, 4) is 0 Å². The lowest BCUT2D eigenvalue weighted by molar-refractivity contribution is -0.116. The molecule has 3 amide bonds. The molecule has 0 fully saturated rings. The number of rotatable bonds is 10. The topological polar surface area (TPSA) is 113 Å². The molecule has 8 nitrogen and oxygen atoms in total. The van der Waals surface area contributed by atoms with Crippen LogP contribution in [0.2, 0.25) is 0 Å². The van der Waals surface area contributed by atoms with E-state index in [1.54, 1.807) is 42.5 Å². The standard InChI is InChI=1S/C34H29N5O3S2/c1-22-10-9-11-24(20-22)21-29(36-31(40)26-14-7-4-8-15-26)32(41)35-27-16-18-28(19-17-27)44-30(25-12-5-3-6-13-25)33(42)37-34-39-38-23(2)43-34/h3-21,30H,1-2H3,(H,35,41)(H,36,40)(H,37,39,42)/b29-21-. The molecule has 4 aromatic carbocycles. The summed E-state index contributed by atoms with van der Waals surface area (Å²) in [6, 6.07) is 33.1. The van der Waals surface area contributed by atoms with Crippen molar-refractivity contribution in [1.82, 2.24) is 15.5 Å². The minimum Gasteiger partial charge on any atom is -0.321 e. The molecule has 0 saturated heterocycles. The first-order chi connectivity index (χ1) is 21.3. The number of nitrogens with one attached hydrogen (secondary N) is 3. The van der Waals surface area contributed by atoms with Gasteiger partial charge >= 0.3 is 0 Å². The van der Waals surface area contributed by atoms with E-state index in [-0.39, 0.29) is 17.5 Å². The van der Waals surface area contributed by atoms with Crippen LogP contribution in [-0.2, 0) is 9.59 Å². The highest BCUT2D eigenvalue weighted by Crippen LogP contribution is 2.37. The Hall–Kier alpha value is -5.06. The third-order valence-corrected chi connectivity index (χ3v) is 8.37. The van der Waals surface area contributed by atoms with Gasteiger partial charge in [0.05, 0.1) is 0 Å². The Kier molecular flexibility index (Phi) is 9.96. The fraction of sp³-hybridized carbons (Fsp3) is 0.0882. The van der Waals surface area contributed by atoms with Crippen molar-refractivity contribution in [3.05, 3.63) is 142 Å². The van der Waals surface area contributed by atoms with Gasteiger partial charge in [0.2, 0.25) is 11.0 Å². The van der Waals surface area contributed by atoms with Crippen LogP contribution in [0.5, 0.6) is 0 Å². The molecule has 0 saturated carbocycles. The van der Waals surface area contributed by atoms with Gasteiger partial charge in [0, 0.05) is 16.1 Å². The Morgan fingerprint density at radius 2 is 1.50 bits per heavy atom. The normalized spacial score (nSPS) is 11.8. The molecule has 220 valence electrons. The Labute approximate surface area is 263 Å². The first kappa shape index (κ1) is 30.4. The second-order valence-electron chi connectivity index (χ2n) is 9.79. The number of aryl methyl sites for hydroxylation is 2. The molecule has 0 radical (unpaired) electrons. The second-order valence-corrected chi connectivity index (χ2v) is 12.2. The van der Waals surface area contributed by atoms with E-state index in [9.17, 15) is 14.4 Å². The highest BCUT2D eigenvalue weighted by Gasteiger charge is 2.23. The number of anilines is 2. The number of amides is 3. The van der Waals surface area contributed by atoms with E-state index in [1.165, 1.54) is 23.1 Å². The van der Waals surface area contributed by atoms with E-state index < -0.39 is 11.2 Å². The van der Waals surface area contributed by atoms with Crippen LogP contribution < -0.4 is 16.0 Å². The van der Waals surface area contributed by atoms with Crippen LogP contribution in [0.3, 0.4) is 0 Å². The van der Waals surface area contributed by atoms with Gasteiger partial charge in [0.15, 0.2) is 0 Å². The zero-order chi connectivity index (χ0) is 30.9. The summed E-state index contributed by atoms with van der Waals surface area (Å²) >= 11 is 2.70. The Morgan fingerprint density at radius 3 is 2.16 bits per heavy atom. The fourth-order valence-electron chi connectivity index (χ4n) is 4.24. The summed E-state index contributed by atoms with van der Waals surface area (Å²) in [5.74, 6) is -1.07. The van der Waals surface area contributed by atoms with E-state index in [0.29, 0.717) is 16.4 Å². The van der Waals surface area contributed by atoms with Crippen molar-refractivity contribution < 1.29 is 14.4 Å². The van der Waals surface area contributed by atoms with Crippen molar-refractivity contribution in [2.75, 3.05) is 10.6 Å². The molecular weight excluding hydrogens is 591 g/mol. The van der Waals surface area contributed by atoms with Gasteiger partial charge in [-0.15, -0.1) is 22.0 Å². The molecule has 1 heterocycles. The average Bonchev–Trinajstić information content (AvgIpc) is 3.45. The summed E-state index contributed by atoms with van der Waals surface area (Å²) in [6.07, 6.45) is 1.65. The maximum Gasteiger partial charge on any atom is 0.272 e. The van der Waals surface area contributed by atoms with Gasteiger partial charge in [0.25, 0.3) is 11.8 Å². The first-order valence-corrected chi connectivity index (χ1v) is 15.4. The lowest BCUT2D eigenvalue weighted by Gasteiger charge is -2.16. The van der Waals surface area contributed by atoms with Crippen LogP contribution >= 0.6 is 23.1 Å². The van der Waals surface area contributed by atoms with Crippen molar-refractivity contribution in [2.24, 2.45) is 0 Å². The van der Waals surface area contributed by atoms with Crippen LogP contribution in [0.15, 0.2) is 120 Å². The quantitative estimate of drug-likeness (QED) is 0.114. The van der Waals surface area contributed by atoms with Crippen molar-refractivity contribution in [2.45, 2.75) is 24.0 Å². The highest BCUT2D eigenvalue weighted by molar-refractivity contribution is 8.00. The largest absolute Gasteiger partial charge is 0.321 e. The van der Waals surface area contributed by atoms with Crippen LogP contribution in [-0.4, -0.2) is 27.9 Å². The number of carbonyl (C=O) groups excluding carboxylic acids is 3. The van der Waals surface area contributed by atoms with E-state index in [2.05, 4.69) is 26.1 Å². The zero-order valence-electron chi connectivity index (χ0n) is 24.0. The fourth-order valence-corrected chi connectivity index (χ4v) is 5.86. The molecule has 44 heavy (non-hydrogen) atoms. The van der Waals surface area contributed by atoms with Gasteiger partial charge in [0.1, 0.15) is 16.0 Å². The number of hydrogen-bond donors (Lipinski definition) is 3. The minimum absolute atomic E-state index is 0.107. The molecule has 1 unspecified atom stereocenters. The molecule has 0 spiro atoms. The first-order valence-electron chi connectivity index (χ1n) is 13.7. The van der Waals surface area contributed by atoms with Gasteiger partial charge < -0.3 is 10.6 Å². The maximum atomic E-state index is 13.4. The summed E-state index contributed by atoms with van der Waals surface area (Å²) in [4.78, 5) is 40.5. The van der Waals surface area contributed by atoms with Gasteiger partial charge in [-0.2, -0.15) is 0 Å². The van der Waals surface area contributed by atoms with E-state index >= 15 is 0 Å². The van der Waals surface area contributed by atoms with Gasteiger partial charge in [-0.1, -0.05) is 89.7 Å². The predicted molar refractivity (Wildman–Crippen MR) is 176 cm³/mol. The Morgan fingerprint density at radius 1 is 0.795 bits per heavy atom. The van der Waals surface area contributed by atoms with Crippen LogP contribution in [0, 0.1) is 13.8 Å². The Bertz CT molecular complexity index is 1790. The molecule has 0 bridgehead atoms. The smallest absolute Gasteiger partial charge is 0.272 e. The van der Waals surface area contributed by atoms with Crippen LogP contribution in [0.1, 0.15) is 37.3 Å². The third kappa shape index (κ3) is 8.27. The average molecular weight is 620 g/mol. The number of carbonyl (C=O) groups is 3. The molecule has 5 rings (SSSR count). The van der Waals surface area contributed by atoms with Crippen molar-refractivity contribution >= 4 is 57.7 Å². The van der Waals surface area contributed by atoms with E-state index in [1.807, 2.05) is 86.6 Å². The summed E-state index contributed by atoms with van der Waals surface area (Å²) in [7, 11) is 0. The SMILES string of the molecule is Cc1cccc(/C=C(\NC(=O)c2ccccc2)C(=O)Nc2ccc(SC(C(=O)Nc3nnc(C)s3)c3ccccc3)cc2)c1. The van der Waals surface area contributed by atoms with E-state index in [4.69, 9.17) is 0 Å². The molecule has 10 heteroatoms. The molecular formula is C34H29N5O3S2. The Balaban J connectivity index is 1.32. The summed E-state index contributed by atoms with van der Waals surface area (Å²) in [5.41, 5.74) is 3.74. The molecule has 0 aliphatic rings. The summed E-state index contributed by atoms with van der Waals surface area (Å²) in [6.45, 7) is 3.79. The molecule has 3 N–H and O–H groups in total. The molecule has 1 aromatic heterocycles. The van der Waals surface area contributed by atoms with Crippen LogP contribution in [0.25, 0.3) is 6.08 Å². The maximum absolute atomic E-state index is 13.4. The van der Waals surface area contributed by atoms with Gasteiger partial charge in [-0.3, -0.25) is 19.7 Å². The summed E-state index contributed by atoms with van der Waals surface area (Å²) < 4.78 is 0. The van der Waals surface area contributed by atoms with Crippen molar-refractivity contribution in [3.63, 3.8) is 0 Å². The van der Waals surface area contributed by atoms with Gasteiger partial charge in [-0.25, -0.2) is 0 Å².